The average molecular weight is 246 g/mol. The van der Waals surface area contributed by atoms with Crippen LogP contribution >= 0.6 is 0 Å². The molecule has 94 valence electrons. The van der Waals surface area contributed by atoms with Crippen molar-refractivity contribution >= 4 is 0 Å². The normalized spacial score (nSPS) is 23.4. The predicted molar refractivity (Wildman–Crippen MR) is 62.7 cm³/mol. The summed E-state index contributed by atoms with van der Waals surface area (Å²) < 4.78 is 5.21. The second-order valence-electron chi connectivity index (χ2n) is 4.40. The molecule has 1 aliphatic rings. The Labute approximate surface area is 104 Å². The van der Waals surface area contributed by atoms with Gasteiger partial charge in [-0.05, 0) is 18.6 Å². The molecule has 18 heavy (non-hydrogen) atoms. The van der Waals surface area contributed by atoms with Gasteiger partial charge in [-0.2, -0.15) is 4.98 Å². The number of nitrogens with one attached hydrogen (secondary N) is 1. The van der Waals surface area contributed by atoms with Gasteiger partial charge in [-0.15, -0.1) is 0 Å². The molecule has 2 aromatic rings. The van der Waals surface area contributed by atoms with E-state index in [1.807, 2.05) is 18.2 Å². The minimum atomic E-state index is -0.332. The first kappa shape index (κ1) is 11.3. The Morgan fingerprint density at radius 1 is 1.44 bits per heavy atom. The molecule has 3 rings (SSSR count). The number of aliphatic hydroxyl groups is 1. The smallest absolute Gasteiger partial charge is 0.243 e. The van der Waals surface area contributed by atoms with E-state index >= 15 is 0 Å². The molecule has 1 aliphatic heterocycles. The Morgan fingerprint density at radius 3 is 3.11 bits per heavy atom. The van der Waals surface area contributed by atoms with Crippen LogP contribution in [0.2, 0.25) is 0 Å². The lowest BCUT2D eigenvalue weighted by Gasteiger charge is -2.01. The van der Waals surface area contributed by atoms with Crippen molar-refractivity contribution in [2.45, 2.75) is 25.0 Å². The van der Waals surface area contributed by atoms with Crippen LogP contribution in [0.25, 0.3) is 0 Å². The minimum absolute atomic E-state index is 0.0371. The van der Waals surface area contributed by atoms with Crippen molar-refractivity contribution < 1.29 is 9.63 Å². The number of aliphatic hydroxyl groups excluding tert-OH is 1. The molecule has 2 aromatic heterocycles. The van der Waals surface area contributed by atoms with Crippen LogP contribution in [-0.2, 0) is 6.42 Å². The summed E-state index contributed by atoms with van der Waals surface area (Å²) >= 11 is 0. The summed E-state index contributed by atoms with van der Waals surface area (Å²) in [6.45, 7) is 0.572. The zero-order valence-corrected chi connectivity index (χ0v) is 9.78. The van der Waals surface area contributed by atoms with E-state index in [2.05, 4.69) is 20.4 Å². The Hall–Kier alpha value is -1.79. The fourth-order valence-electron chi connectivity index (χ4n) is 2.05. The molecule has 0 saturated carbocycles. The second kappa shape index (κ2) is 4.83. The quantitative estimate of drug-likeness (QED) is 0.818. The first-order valence-electron chi connectivity index (χ1n) is 5.95. The number of hydrogen-bond donors (Lipinski definition) is 2. The highest BCUT2D eigenvalue weighted by atomic mass is 16.5. The molecule has 2 atom stereocenters. The molecule has 0 amide bonds. The lowest BCUT2D eigenvalue weighted by molar-refractivity contribution is 0.191. The van der Waals surface area contributed by atoms with Gasteiger partial charge >= 0.3 is 0 Å². The van der Waals surface area contributed by atoms with Crippen LogP contribution in [0.15, 0.2) is 28.9 Å². The van der Waals surface area contributed by atoms with E-state index in [-0.39, 0.29) is 12.1 Å². The number of β-amino-alcohol motifs (C(OH)–C–C–N with tert-alkyl or cyclic N) is 1. The molecule has 6 nitrogen and oxygen atoms in total. The molecule has 1 unspecified atom stereocenters. The molecule has 6 heteroatoms. The summed E-state index contributed by atoms with van der Waals surface area (Å²) in [6.07, 6.45) is 2.58. The molecule has 0 spiro atoms. The number of nitrogens with zero attached hydrogens (tertiary/aromatic N) is 3. The molecule has 0 aromatic carbocycles. The minimum Gasteiger partial charge on any atom is -0.392 e. The van der Waals surface area contributed by atoms with E-state index in [4.69, 9.17) is 4.52 Å². The molecule has 0 bridgehead atoms. The van der Waals surface area contributed by atoms with Crippen molar-refractivity contribution in [3.63, 3.8) is 0 Å². The van der Waals surface area contributed by atoms with Gasteiger partial charge in [0.05, 0.1) is 18.6 Å². The van der Waals surface area contributed by atoms with E-state index in [1.165, 1.54) is 0 Å². The summed E-state index contributed by atoms with van der Waals surface area (Å²) in [5.41, 5.74) is 0.907. The maximum atomic E-state index is 9.44. The molecule has 3 heterocycles. The van der Waals surface area contributed by atoms with Crippen molar-refractivity contribution in [3.05, 3.63) is 41.8 Å². The molecule has 0 aliphatic carbocycles. The second-order valence-corrected chi connectivity index (χ2v) is 4.40. The Balaban J connectivity index is 1.70. The van der Waals surface area contributed by atoms with Gasteiger partial charge in [0.1, 0.15) is 0 Å². The van der Waals surface area contributed by atoms with Gasteiger partial charge in [-0.3, -0.25) is 4.98 Å². The molecular weight excluding hydrogens is 232 g/mol. The van der Waals surface area contributed by atoms with E-state index < -0.39 is 0 Å². The van der Waals surface area contributed by atoms with Crippen LogP contribution in [0.4, 0.5) is 0 Å². The number of rotatable bonds is 3. The van der Waals surface area contributed by atoms with Gasteiger partial charge in [-0.1, -0.05) is 11.2 Å². The first-order chi connectivity index (χ1) is 8.81. The summed E-state index contributed by atoms with van der Waals surface area (Å²) in [7, 11) is 0. The van der Waals surface area contributed by atoms with Crippen LogP contribution in [-0.4, -0.2) is 32.9 Å². The van der Waals surface area contributed by atoms with E-state index in [1.54, 1.807) is 6.20 Å². The van der Waals surface area contributed by atoms with E-state index in [0.717, 1.165) is 5.69 Å². The maximum absolute atomic E-state index is 9.44. The number of pyridine rings is 1. The average Bonchev–Trinajstić information content (AvgIpc) is 2.99. The predicted octanol–water partition coefficient (Wildman–Crippen LogP) is 0.451. The molecule has 1 saturated heterocycles. The van der Waals surface area contributed by atoms with Crippen LogP contribution in [0, 0.1) is 0 Å². The lowest BCUT2D eigenvalue weighted by Crippen LogP contribution is -2.15. The van der Waals surface area contributed by atoms with Gasteiger partial charge in [0, 0.05) is 18.4 Å². The fraction of sp³-hybridized carbons (Fsp3) is 0.417. The summed E-state index contributed by atoms with van der Waals surface area (Å²) in [4.78, 5) is 8.55. The van der Waals surface area contributed by atoms with Crippen molar-refractivity contribution in [1.29, 1.82) is 0 Å². The van der Waals surface area contributed by atoms with Gasteiger partial charge in [0.25, 0.3) is 0 Å². The Kier molecular flexibility index (Phi) is 3.04. The largest absolute Gasteiger partial charge is 0.392 e. The molecule has 2 N–H and O–H groups in total. The van der Waals surface area contributed by atoms with Crippen LogP contribution in [0.3, 0.4) is 0 Å². The lowest BCUT2D eigenvalue weighted by atomic mass is 10.2. The van der Waals surface area contributed by atoms with Gasteiger partial charge in [0.2, 0.25) is 5.89 Å². The van der Waals surface area contributed by atoms with Gasteiger partial charge in [-0.25, -0.2) is 0 Å². The van der Waals surface area contributed by atoms with Crippen molar-refractivity contribution in [3.8, 4) is 0 Å². The SMILES string of the molecule is OC1CN[C@H](c2nc(Cc3ccccn3)no2)C1. The highest BCUT2D eigenvalue weighted by molar-refractivity contribution is 5.09. The Morgan fingerprint density at radius 2 is 2.39 bits per heavy atom. The third-order valence-electron chi connectivity index (χ3n) is 2.95. The van der Waals surface area contributed by atoms with Gasteiger partial charge in [0.15, 0.2) is 5.82 Å². The monoisotopic (exact) mass is 246 g/mol. The first-order valence-corrected chi connectivity index (χ1v) is 5.95. The van der Waals surface area contributed by atoms with Crippen LogP contribution in [0.1, 0.15) is 29.9 Å². The van der Waals surface area contributed by atoms with E-state index in [0.29, 0.717) is 31.1 Å². The zero-order valence-electron chi connectivity index (χ0n) is 9.78. The number of hydrogen-bond acceptors (Lipinski definition) is 6. The molecular formula is C12H14N4O2. The molecule has 0 radical (unpaired) electrons. The third-order valence-corrected chi connectivity index (χ3v) is 2.95. The van der Waals surface area contributed by atoms with Crippen molar-refractivity contribution in [2.75, 3.05) is 6.54 Å². The summed E-state index contributed by atoms with van der Waals surface area (Å²) in [6, 6.07) is 5.69. The van der Waals surface area contributed by atoms with Crippen molar-refractivity contribution in [1.82, 2.24) is 20.4 Å². The summed E-state index contributed by atoms with van der Waals surface area (Å²) in [5, 5.41) is 16.5. The van der Waals surface area contributed by atoms with Crippen LogP contribution < -0.4 is 5.32 Å². The van der Waals surface area contributed by atoms with Crippen molar-refractivity contribution in [2.24, 2.45) is 0 Å². The zero-order chi connectivity index (χ0) is 12.4. The standard InChI is InChI=1S/C12H14N4O2/c17-9-6-10(14-7-9)12-15-11(16-18-12)5-8-3-1-2-4-13-8/h1-4,9-10,14,17H,5-7H2/t9?,10-/m0/s1. The Bertz CT molecular complexity index is 514. The van der Waals surface area contributed by atoms with E-state index in [9.17, 15) is 5.11 Å². The fourth-order valence-corrected chi connectivity index (χ4v) is 2.05. The third kappa shape index (κ3) is 2.39. The van der Waals surface area contributed by atoms with Gasteiger partial charge < -0.3 is 14.9 Å². The molecule has 1 fully saturated rings. The highest BCUT2D eigenvalue weighted by Crippen LogP contribution is 2.21. The summed E-state index contributed by atoms with van der Waals surface area (Å²) in [5.74, 6) is 1.16. The topological polar surface area (TPSA) is 84.1 Å². The maximum Gasteiger partial charge on any atom is 0.243 e. The van der Waals surface area contributed by atoms with Crippen LogP contribution in [0.5, 0.6) is 0 Å². The number of aromatic nitrogens is 3. The highest BCUT2D eigenvalue weighted by Gasteiger charge is 2.28.